The molecule has 3 rings (SSSR count). The standard InChI is InChI=1S/C20H21ClN2O3S/c1-25-12-4-11-23-19(24)17-5-2-3-6-18(17)22-20(23)27-14-13-26-16-9-7-15(21)8-10-16/h2-3,5-10H,4,11-14H2,1H3. The summed E-state index contributed by atoms with van der Waals surface area (Å²) in [6.07, 6.45) is 0.755. The van der Waals surface area contributed by atoms with Crippen molar-refractivity contribution in [3.8, 4) is 5.75 Å². The molecule has 0 saturated carbocycles. The van der Waals surface area contributed by atoms with Gasteiger partial charge < -0.3 is 9.47 Å². The van der Waals surface area contributed by atoms with Crippen LogP contribution in [0.4, 0.5) is 0 Å². The van der Waals surface area contributed by atoms with E-state index >= 15 is 0 Å². The number of aromatic nitrogens is 2. The van der Waals surface area contributed by atoms with Crippen LogP contribution >= 0.6 is 23.4 Å². The van der Waals surface area contributed by atoms with E-state index in [2.05, 4.69) is 4.98 Å². The Morgan fingerprint density at radius 3 is 2.67 bits per heavy atom. The average Bonchev–Trinajstić information content (AvgIpc) is 2.69. The highest BCUT2D eigenvalue weighted by atomic mass is 35.5. The highest BCUT2D eigenvalue weighted by Gasteiger charge is 2.11. The number of nitrogens with zero attached hydrogens (tertiary/aromatic N) is 2. The highest BCUT2D eigenvalue weighted by molar-refractivity contribution is 7.99. The average molecular weight is 405 g/mol. The van der Waals surface area contributed by atoms with Crippen molar-refractivity contribution in [2.24, 2.45) is 0 Å². The lowest BCUT2D eigenvalue weighted by Gasteiger charge is -2.13. The zero-order valence-electron chi connectivity index (χ0n) is 15.1. The van der Waals surface area contributed by atoms with Gasteiger partial charge in [0.05, 0.1) is 17.5 Å². The summed E-state index contributed by atoms with van der Waals surface area (Å²) < 4.78 is 12.6. The summed E-state index contributed by atoms with van der Waals surface area (Å²) in [6, 6.07) is 14.7. The molecule has 0 fully saturated rings. The van der Waals surface area contributed by atoms with E-state index in [1.54, 1.807) is 23.8 Å². The molecular weight excluding hydrogens is 384 g/mol. The molecule has 1 aromatic heterocycles. The van der Waals surface area contributed by atoms with Gasteiger partial charge in [0.1, 0.15) is 5.75 Å². The topological polar surface area (TPSA) is 53.4 Å². The van der Waals surface area contributed by atoms with Gasteiger partial charge in [0.15, 0.2) is 5.16 Å². The van der Waals surface area contributed by atoms with Crippen molar-refractivity contribution in [2.45, 2.75) is 18.1 Å². The van der Waals surface area contributed by atoms with Gasteiger partial charge >= 0.3 is 0 Å². The van der Waals surface area contributed by atoms with Crippen LogP contribution in [-0.4, -0.2) is 35.6 Å². The van der Waals surface area contributed by atoms with Crippen molar-refractivity contribution in [1.82, 2.24) is 9.55 Å². The van der Waals surface area contributed by atoms with Gasteiger partial charge in [-0.25, -0.2) is 4.98 Å². The molecule has 0 aliphatic rings. The Morgan fingerprint density at radius 2 is 1.89 bits per heavy atom. The van der Waals surface area contributed by atoms with E-state index < -0.39 is 0 Å². The molecule has 0 radical (unpaired) electrons. The molecule has 7 heteroatoms. The fraction of sp³-hybridized carbons (Fsp3) is 0.300. The van der Waals surface area contributed by atoms with Crippen molar-refractivity contribution < 1.29 is 9.47 Å². The molecule has 3 aromatic rings. The third-order valence-electron chi connectivity index (χ3n) is 3.95. The molecule has 0 unspecified atom stereocenters. The lowest BCUT2D eigenvalue weighted by molar-refractivity contribution is 0.189. The van der Waals surface area contributed by atoms with Gasteiger partial charge in [0.2, 0.25) is 0 Å². The monoisotopic (exact) mass is 404 g/mol. The van der Waals surface area contributed by atoms with E-state index in [1.165, 1.54) is 11.8 Å². The highest BCUT2D eigenvalue weighted by Crippen LogP contribution is 2.19. The Morgan fingerprint density at radius 1 is 1.11 bits per heavy atom. The molecule has 142 valence electrons. The van der Waals surface area contributed by atoms with E-state index in [-0.39, 0.29) is 5.56 Å². The number of benzene rings is 2. The van der Waals surface area contributed by atoms with Crippen LogP contribution in [0.15, 0.2) is 58.5 Å². The summed E-state index contributed by atoms with van der Waals surface area (Å²) in [5.41, 5.74) is 0.699. The van der Waals surface area contributed by atoms with Crippen molar-refractivity contribution in [3.05, 3.63) is 63.9 Å². The number of para-hydroxylation sites is 1. The first kappa shape index (κ1) is 19.7. The number of methoxy groups -OCH3 is 1. The van der Waals surface area contributed by atoms with Crippen LogP contribution in [0, 0.1) is 0 Å². The van der Waals surface area contributed by atoms with Crippen molar-refractivity contribution in [3.63, 3.8) is 0 Å². The maximum Gasteiger partial charge on any atom is 0.262 e. The molecule has 0 spiro atoms. The van der Waals surface area contributed by atoms with Gasteiger partial charge in [0, 0.05) is 31.0 Å². The Labute approximate surface area is 167 Å². The number of hydrogen-bond acceptors (Lipinski definition) is 5. The number of halogens is 1. The van der Waals surface area contributed by atoms with Gasteiger partial charge in [0.25, 0.3) is 5.56 Å². The Kier molecular flexibility index (Phi) is 7.15. The second-order valence-corrected chi connectivity index (χ2v) is 7.36. The lowest BCUT2D eigenvalue weighted by Crippen LogP contribution is -2.24. The van der Waals surface area contributed by atoms with Crippen LogP contribution in [0.25, 0.3) is 10.9 Å². The van der Waals surface area contributed by atoms with Crippen LogP contribution < -0.4 is 10.3 Å². The molecule has 0 aliphatic heterocycles. The van der Waals surface area contributed by atoms with E-state index in [4.69, 9.17) is 21.1 Å². The summed E-state index contributed by atoms with van der Waals surface area (Å²) in [6.45, 7) is 1.68. The zero-order valence-corrected chi connectivity index (χ0v) is 16.6. The zero-order chi connectivity index (χ0) is 19.1. The van der Waals surface area contributed by atoms with Crippen LogP contribution in [-0.2, 0) is 11.3 Å². The number of rotatable bonds is 9. The largest absolute Gasteiger partial charge is 0.493 e. The first-order chi connectivity index (χ1) is 13.2. The smallest absolute Gasteiger partial charge is 0.262 e. The third kappa shape index (κ3) is 5.25. The molecular formula is C20H21ClN2O3S. The quantitative estimate of drug-likeness (QED) is 0.303. The van der Waals surface area contributed by atoms with E-state index in [0.29, 0.717) is 46.6 Å². The summed E-state index contributed by atoms with van der Waals surface area (Å²) in [5, 5.41) is 2.02. The molecule has 0 atom stereocenters. The van der Waals surface area contributed by atoms with Crippen molar-refractivity contribution in [1.29, 1.82) is 0 Å². The predicted molar refractivity (Wildman–Crippen MR) is 110 cm³/mol. The molecule has 0 saturated heterocycles. The summed E-state index contributed by atoms with van der Waals surface area (Å²) in [4.78, 5) is 17.5. The van der Waals surface area contributed by atoms with E-state index in [0.717, 1.165) is 12.2 Å². The maximum atomic E-state index is 12.9. The van der Waals surface area contributed by atoms with Crippen molar-refractivity contribution in [2.75, 3.05) is 26.1 Å². The minimum absolute atomic E-state index is 0.0159. The van der Waals surface area contributed by atoms with Crippen LogP contribution in [0.3, 0.4) is 0 Å². The van der Waals surface area contributed by atoms with E-state index in [9.17, 15) is 4.79 Å². The van der Waals surface area contributed by atoms with E-state index in [1.807, 2.05) is 36.4 Å². The van der Waals surface area contributed by atoms with Crippen LogP contribution in [0.2, 0.25) is 5.02 Å². The minimum Gasteiger partial charge on any atom is -0.493 e. The maximum absolute atomic E-state index is 12.9. The number of thioether (sulfide) groups is 1. The number of hydrogen-bond donors (Lipinski definition) is 0. The molecule has 0 bridgehead atoms. The normalized spacial score (nSPS) is 11.0. The first-order valence-corrected chi connectivity index (χ1v) is 10.0. The van der Waals surface area contributed by atoms with Gasteiger partial charge in [-0.05, 0) is 42.8 Å². The molecule has 5 nitrogen and oxygen atoms in total. The van der Waals surface area contributed by atoms with Crippen molar-refractivity contribution >= 4 is 34.3 Å². The Hall–Kier alpha value is -2.02. The summed E-state index contributed by atoms with van der Waals surface area (Å²) >= 11 is 7.39. The van der Waals surface area contributed by atoms with Crippen LogP contribution in [0.5, 0.6) is 5.75 Å². The predicted octanol–water partition coefficient (Wildman–Crippen LogP) is 4.26. The molecule has 1 heterocycles. The molecule has 0 N–H and O–H groups in total. The first-order valence-electron chi connectivity index (χ1n) is 8.69. The second-order valence-electron chi connectivity index (χ2n) is 5.87. The van der Waals surface area contributed by atoms with Gasteiger partial charge in [-0.1, -0.05) is 35.5 Å². The SMILES string of the molecule is COCCCn1c(SCCOc2ccc(Cl)cc2)nc2ccccc2c1=O. The molecule has 2 aromatic carbocycles. The number of ether oxygens (including phenoxy) is 2. The van der Waals surface area contributed by atoms with Gasteiger partial charge in [-0.2, -0.15) is 0 Å². The molecule has 0 amide bonds. The van der Waals surface area contributed by atoms with Crippen LogP contribution in [0.1, 0.15) is 6.42 Å². The Bertz CT molecular complexity index is 944. The molecule has 27 heavy (non-hydrogen) atoms. The van der Waals surface area contributed by atoms with Gasteiger partial charge in [-0.15, -0.1) is 0 Å². The summed E-state index contributed by atoms with van der Waals surface area (Å²) in [7, 11) is 1.66. The Balaban J connectivity index is 1.72. The number of fused-ring (bicyclic) bond motifs is 1. The minimum atomic E-state index is -0.0159. The summed E-state index contributed by atoms with van der Waals surface area (Å²) in [5.74, 6) is 1.45. The van der Waals surface area contributed by atoms with Gasteiger partial charge in [-0.3, -0.25) is 9.36 Å². The molecule has 0 aliphatic carbocycles. The third-order valence-corrected chi connectivity index (χ3v) is 5.15. The lowest BCUT2D eigenvalue weighted by atomic mass is 10.2. The second kappa shape index (κ2) is 9.78. The fourth-order valence-corrected chi connectivity index (χ4v) is 3.61. The fourth-order valence-electron chi connectivity index (χ4n) is 2.65.